The summed E-state index contributed by atoms with van der Waals surface area (Å²) in [6.45, 7) is 8.73. The minimum absolute atomic E-state index is 0.0621. The summed E-state index contributed by atoms with van der Waals surface area (Å²) in [6.07, 6.45) is 5.04. The Morgan fingerprint density at radius 1 is 1.33 bits per heavy atom. The van der Waals surface area contributed by atoms with Crippen LogP contribution < -0.4 is 5.32 Å². The van der Waals surface area contributed by atoms with Crippen molar-refractivity contribution in [1.29, 1.82) is 0 Å². The molecule has 1 unspecified atom stereocenters. The maximum atomic E-state index is 12.2. The fourth-order valence-corrected chi connectivity index (χ4v) is 3.37. The van der Waals surface area contributed by atoms with Gasteiger partial charge in [0.25, 0.3) is 0 Å². The first-order chi connectivity index (χ1) is 13.1. The highest BCUT2D eigenvalue weighted by molar-refractivity contribution is 5.76. The summed E-state index contributed by atoms with van der Waals surface area (Å²) in [6, 6.07) is 9.97. The van der Waals surface area contributed by atoms with Gasteiger partial charge in [-0.2, -0.15) is 5.10 Å². The summed E-state index contributed by atoms with van der Waals surface area (Å²) in [5.41, 5.74) is 2.08. The van der Waals surface area contributed by atoms with Crippen molar-refractivity contribution in [2.45, 2.75) is 32.8 Å². The van der Waals surface area contributed by atoms with Crippen molar-refractivity contribution in [2.24, 2.45) is 5.92 Å². The van der Waals surface area contributed by atoms with Gasteiger partial charge in [0.05, 0.1) is 24.6 Å². The molecule has 0 radical (unpaired) electrons. The lowest BCUT2D eigenvalue weighted by molar-refractivity contribution is -0.122. The molecule has 3 rings (SSSR count). The van der Waals surface area contributed by atoms with Crippen LogP contribution >= 0.6 is 0 Å². The van der Waals surface area contributed by atoms with E-state index in [0.717, 1.165) is 37.5 Å². The van der Waals surface area contributed by atoms with Crippen molar-refractivity contribution in [2.75, 3.05) is 32.8 Å². The maximum Gasteiger partial charge on any atom is 0.220 e. The average molecular weight is 370 g/mol. The number of carbonyl (C=O) groups excluding carboxylic acids is 1. The summed E-state index contributed by atoms with van der Waals surface area (Å²) in [5, 5.41) is 7.39. The molecule has 1 saturated heterocycles. The van der Waals surface area contributed by atoms with Gasteiger partial charge in [-0.15, -0.1) is 0 Å². The fourth-order valence-electron chi connectivity index (χ4n) is 3.37. The molecule has 1 amide bonds. The van der Waals surface area contributed by atoms with Crippen LogP contribution in [0.2, 0.25) is 0 Å². The van der Waals surface area contributed by atoms with Crippen molar-refractivity contribution < 1.29 is 9.53 Å². The van der Waals surface area contributed by atoms with E-state index in [-0.39, 0.29) is 12.0 Å². The lowest BCUT2D eigenvalue weighted by atomic mass is 10.1. The van der Waals surface area contributed by atoms with E-state index in [4.69, 9.17) is 4.74 Å². The van der Waals surface area contributed by atoms with E-state index in [9.17, 15) is 4.79 Å². The van der Waals surface area contributed by atoms with Crippen molar-refractivity contribution in [3.8, 4) is 5.69 Å². The van der Waals surface area contributed by atoms with E-state index in [2.05, 4.69) is 29.2 Å². The van der Waals surface area contributed by atoms with E-state index < -0.39 is 0 Å². The van der Waals surface area contributed by atoms with E-state index in [1.54, 1.807) is 0 Å². The number of benzene rings is 1. The Balaban J connectivity index is 1.39. The number of hydrogen-bond acceptors (Lipinski definition) is 4. The highest BCUT2D eigenvalue weighted by atomic mass is 16.5. The molecular weight excluding hydrogens is 340 g/mol. The Morgan fingerprint density at radius 3 is 2.93 bits per heavy atom. The molecular formula is C21H30N4O2. The van der Waals surface area contributed by atoms with Gasteiger partial charge in [-0.05, 0) is 30.0 Å². The normalized spacial score (nSPS) is 18.0. The first-order valence-electron chi connectivity index (χ1n) is 9.80. The predicted molar refractivity (Wildman–Crippen MR) is 106 cm³/mol. The van der Waals surface area contributed by atoms with Crippen molar-refractivity contribution in [3.05, 3.63) is 48.3 Å². The molecule has 1 fully saturated rings. The van der Waals surface area contributed by atoms with E-state index >= 15 is 0 Å². The van der Waals surface area contributed by atoms with Crippen LogP contribution in [0.15, 0.2) is 42.7 Å². The highest BCUT2D eigenvalue weighted by Gasteiger charge is 2.21. The Kier molecular flexibility index (Phi) is 7.01. The third-order valence-electron chi connectivity index (χ3n) is 4.67. The number of rotatable bonds is 8. The number of nitrogens with zero attached hydrogens (tertiary/aromatic N) is 3. The average Bonchev–Trinajstić information content (AvgIpc) is 3.14. The number of aryl methyl sites for hydroxylation is 1. The van der Waals surface area contributed by atoms with Crippen LogP contribution in [-0.2, 0) is 16.0 Å². The van der Waals surface area contributed by atoms with Crippen LogP contribution in [0.5, 0.6) is 0 Å². The van der Waals surface area contributed by atoms with Gasteiger partial charge in [0, 0.05) is 38.8 Å². The molecule has 1 aliphatic rings. The van der Waals surface area contributed by atoms with Gasteiger partial charge in [-0.1, -0.05) is 32.0 Å². The van der Waals surface area contributed by atoms with Crippen LogP contribution in [-0.4, -0.2) is 59.5 Å². The third kappa shape index (κ3) is 6.19. The monoisotopic (exact) mass is 370 g/mol. The van der Waals surface area contributed by atoms with E-state index in [1.165, 1.54) is 0 Å². The molecule has 146 valence electrons. The lowest BCUT2D eigenvalue weighted by Crippen LogP contribution is -2.48. The Labute approximate surface area is 161 Å². The molecule has 0 spiro atoms. The van der Waals surface area contributed by atoms with Gasteiger partial charge in [-0.3, -0.25) is 9.69 Å². The second kappa shape index (κ2) is 9.67. The molecule has 0 bridgehead atoms. The second-order valence-electron chi connectivity index (χ2n) is 7.58. The molecule has 2 aromatic rings. The molecule has 1 N–H and O–H groups in total. The Bertz CT molecular complexity index is 714. The first-order valence-corrected chi connectivity index (χ1v) is 9.80. The molecule has 27 heavy (non-hydrogen) atoms. The first kappa shape index (κ1) is 19.6. The molecule has 6 nitrogen and oxygen atoms in total. The number of carbonyl (C=O) groups is 1. The largest absolute Gasteiger partial charge is 0.374 e. The lowest BCUT2D eigenvalue weighted by Gasteiger charge is -2.33. The van der Waals surface area contributed by atoms with E-state index in [0.29, 0.717) is 25.3 Å². The van der Waals surface area contributed by atoms with Crippen LogP contribution in [0.1, 0.15) is 25.8 Å². The Hall–Kier alpha value is -2.18. The molecule has 1 aromatic carbocycles. The number of nitrogens with one attached hydrogen (secondary N) is 1. The van der Waals surface area contributed by atoms with Gasteiger partial charge < -0.3 is 10.1 Å². The van der Waals surface area contributed by atoms with Crippen LogP contribution in [0.3, 0.4) is 0 Å². The second-order valence-corrected chi connectivity index (χ2v) is 7.58. The van der Waals surface area contributed by atoms with Crippen LogP contribution in [0, 0.1) is 5.92 Å². The van der Waals surface area contributed by atoms with Gasteiger partial charge in [-0.25, -0.2) is 4.68 Å². The van der Waals surface area contributed by atoms with Gasteiger partial charge in [0.15, 0.2) is 0 Å². The molecule has 6 heteroatoms. The number of para-hydroxylation sites is 1. The smallest absolute Gasteiger partial charge is 0.220 e. The summed E-state index contributed by atoms with van der Waals surface area (Å²) >= 11 is 0. The van der Waals surface area contributed by atoms with Crippen LogP contribution in [0.25, 0.3) is 5.69 Å². The zero-order valence-corrected chi connectivity index (χ0v) is 16.3. The van der Waals surface area contributed by atoms with Crippen molar-refractivity contribution >= 4 is 5.91 Å². The molecule has 1 aliphatic heterocycles. The molecule has 0 saturated carbocycles. The molecule has 0 aliphatic carbocycles. The Morgan fingerprint density at radius 2 is 2.15 bits per heavy atom. The minimum Gasteiger partial charge on any atom is -0.374 e. The van der Waals surface area contributed by atoms with Gasteiger partial charge in [0.2, 0.25) is 5.91 Å². The number of ether oxygens (including phenoxy) is 1. The van der Waals surface area contributed by atoms with Crippen molar-refractivity contribution in [1.82, 2.24) is 20.0 Å². The summed E-state index contributed by atoms with van der Waals surface area (Å²) in [4.78, 5) is 14.6. The summed E-state index contributed by atoms with van der Waals surface area (Å²) < 4.78 is 7.63. The molecule has 1 aromatic heterocycles. The highest BCUT2D eigenvalue weighted by Crippen LogP contribution is 2.10. The van der Waals surface area contributed by atoms with Gasteiger partial charge >= 0.3 is 0 Å². The van der Waals surface area contributed by atoms with Crippen LogP contribution in [0.4, 0.5) is 0 Å². The quantitative estimate of drug-likeness (QED) is 0.774. The number of amides is 1. The topological polar surface area (TPSA) is 59.4 Å². The SMILES string of the molecule is CC(C)CN1CCOC(CNC(=O)CCc2cnn(-c3ccccc3)c2)C1. The summed E-state index contributed by atoms with van der Waals surface area (Å²) in [5.74, 6) is 0.710. The summed E-state index contributed by atoms with van der Waals surface area (Å²) in [7, 11) is 0. The molecule has 2 heterocycles. The standard InChI is InChI=1S/C21H30N4O2/c1-17(2)14-24-10-11-27-20(16-24)13-22-21(26)9-8-18-12-23-25(15-18)19-6-4-3-5-7-19/h3-7,12,15,17,20H,8-11,13-14,16H2,1-2H3,(H,22,26). The minimum atomic E-state index is 0.0621. The number of aromatic nitrogens is 2. The van der Waals surface area contributed by atoms with Gasteiger partial charge in [0.1, 0.15) is 0 Å². The number of hydrogen-bond donors (Lipinski definition) is 1. The fraction of sp³-hybridized carbons (Fsp3) is 0.524. The van der Waals surface area contributed by atoms with Crippen molar-refractivity contribution in [3.63, 3.8) is 0 Å². The van der Waals surface area contributed by atoms with E-state index in [1.807, 2.05) is 47.4 Å². The molecule has 1 atom stereocenters. The number of morpholine rings is 1. The third-order valence-corrected chi connectivity index (χ3v) is 4.67. The maximum absolute atomic E-state index is 12.2. The predicted octanol–water partition coefficient (Wildman–Crippen LogP) is 2.28. The zero-order valence-electron chi connectivity index (χ0n) is 16.3. The zero-order chi connectivity index (χ0) is 19.1.